The molecule has 0 aliphatic heterocycles. The molecule has 4 heteroatoms. The first kappa shape index (κ1) is 14.4. The Hall–Kier alpha value is 0.330. The second kappa shape index (κ2) is 8.43. The van der Waals surface area contributed by atoms with Gasteiger partial charge in [-0.3, -0.25) is 0 Å². The first-order valence-corrected chi connectivity index (χ1v) is 7.65. The fraction of sp³-hybridized carbons (Fsp3) is 0.500. The van der Waals surface area contributed by atoms with Gasteiger partial charge in [0.2, 0.25) is 0 Å². The van der Waals surface area contributed by atoms with Gasteiger partial charge >= 0.3 is 0 Å². The van der Waals surface area contributed by atoms with Crippen LogP contribution in [0.5, 0.6) is 5.75 Å². The number of halogens is 2. The van der Waals surface area contributed by atoms with Crippen LogP contribution in [0.15, 0.2) is 27.1 Å². The molecule has 1 aromatic rings. The Kier molecular flexibility index (Phi) is 7.58. The van der Waals surface area contributed by atoms with Gasteiger partial charge in [0.25, 0.3) is 0 Å². The predicted molar refractivity (Wildman–Crippen MR) is 79.7 cm³/mol. The summed E-state index contributed by atoms with van der Waals surface area (Å²) in [7, 11) is 0. The van der Waals surface area contributed by atoms with Crippen LogP contribution in [0.25, 0.3) is 0 Å². The molecule has 0 spiro atoms. The SMILES string of the molecule is SCCCCCCOc1c(Br)cccc1Br. The van der Waals surface area contributed by atoms with Gasteiger partial charge < -0.3 is 4.74 Å². The zero-order chi connectivity index (χ0) is 11.8. The number of ether oxygens (including phenoxy) is 1. The van der Waals surface area contributed by atoms with Crippen molar-refractivity contribution in [2.45, 2.75) is 25.7 Å². The van der Waals surface area contributed by atoms with Crippen LogP contribution in [-0.4, -0.2) is 12.4 Å². The molecule has 90 valence electrons. The summed E-state index contributed by atoms with van der Waals surface area (Å²) in [5.74, 6) is 1.88. The fourth-order valence-corrected chi connectivity index (χ4v) is 2.81. The van der Waals surface area contributed by atoms with E-state index in [9.17, 15) is 0 Å². The molecule has 0 heterocycles. The summed E-state index contributed by atoms with van der Waals surface area (Å²) >= 11 is 11.1. The lowest BCUT2D eigenvalue weighted by Crippen LogP contribution is -1.98. The van der Waals surface area contributed by atoms with E-state index >= 15 is 0 Å². The number of benzene rings is 1. The molecule has 0 fully saturated rings. The van der Waals surface area contributed by atoms with Gasteiger partial charge in [0.15, 0.2) is 0 Å². The summed E-state index contributed by atoms with van der Waals surface area (Å²) in [5, 5.41) is 0. The highest BCUT2D eigenvalue weighted by molar-refractivity contribution is 9.11. The number of thiol groups is 1. The first-order chi connectivity index (χ1) is 7.75. The molecule has 0 N–H and O–H groups in total. The van der Waals surface area contributed by atoms with Crippen molar-refractivity contribution in [1.82, 2.24) is 0 Å². The highest BCUT2D eigenvalue weighted by atomic mass is 79.9. The van der Waals surface area contributed by atoms with Gasteiger partial charge in [-0.1, -0.05) is 18.9 Å². The van der Waals surface area contributed by atoms with E-state index in [1.807, 2.05) is 18.2 Å². The summed E-state index contributed by atoms with van der Waals surface area (Å²) in [6.07, 6.45) is 4.75. The second-order valence-corrected chi connectivity index (χ2v) is 5.69. The fourth-order valence-electron chi connectivity index (χ4n) is 1.36. The molecule has 0 unspecified atom stereocenters. The lowest BCUT2D eigenvalue weighted by Gasteiger charge is -2.09. The van der Waals surface area contributed by atoms with Gasteiger partial charge in [-0.25, -0.2) is 0 Å². The number of rotatable bonds is 7. The van der Waals surface area contributed by atoms with Crippen molar-refractivity contribution < 1.29 is 4.74 Å². The number of unbranched alkanes of at least 4 members (excludes halogenated alkanes) is 3. The van der Waals surface area contributed by atoms with E-state index in [2.05, 4.69) is 44.5 Å². The molecule has 0 saturated heterocycles. The van der Waals surface area contributed by atoms with Crippen molar-refractivity contribution in [3.05, 3.63) is 27.1 Å². The van der Waals surface area contributed by atoms with Gasteiger partial charge in [-0.05, 0) is 62.6 Å². The third-order valence-electron chi connectivity index (χ3n) is 2.22. The van der Waals surface area contributed by atoms with Crippen LogP contribution in [0.3, 0.4) is 0 Å². The van der Waals surface area contributed by atoms with E-state index in [0.717, 1.165) is 33.5 Å². The summed E-state index contributed by atoms with van der Waals surface area (Å²) in [6.45, 7) is 0.772. The van der Waals surface area contributed by atoms with Crippen LogP contribution in [0, 0.1) is 0 Å². The van der Waals surface area contributed by atoms with Gasteiger partial charge in [-0.2, -0.15) is 12.6 Å². The first-order valence-electron chi connectivity index (χ1n) is 5.43. The molecule has 1 aromatic carbocycles. The Labute approximate surface area is 120 Å². The number of hydrogen-bond donors (Lipinski definition) is 1. The molecule has 0 aliphatic rings. The highest BCUT2D eigenvalue weighted by Gasteiger charge is 2.04. The van der Waals surface area contributed by atoms with Crippen LogP contribution < -0.4 is 4.74 Å². The topological polar surface area (TPSA) is 9.23 Å². The van der Waals surface area contributed by atoms with Crippen molar-refractivity contribution in [2.24, 2.45) is 0 Å². The van der Waals surface area contributed by atoms with Crippen LogP contribution in [0.2, 0.25) is 0 Å². The molecular formula is C12H16Br2OS. The largest absolute Gasteiger partial charge is 0.491 e. The van der Waals surface area contributed by atoms with Crippen LogP contribution in [0.1, 0.15) is 25.7 Å². The van der Waals surface area contributed by atoms with Crippen molar-refractivity contribution in [1.29, 1.82) is 0 Å². The maximum atomic E-state index is 5.73. The van der Waals surface area contributed by atoms with E-state index in [4.69, 9.17) is 4.74 Å². The quantitative estimate of drug-likeness (QED) is 0.522. The summed E-state index contributed by atoms with van der Waals surface area (Å²) < 4.78 is 7.73. The summed E-state index contributed by atoms with van der Waals surface area (Å²) in [6, 6.07) is 5.95. The molecule has 0 aliphatic carbocycles. The molecule has 0 saturated carbocycles. The van der Waals surface area contributed by atoms with Crippen molar-refractivity contribution in [3.8, 4) is 5.75 Å². The molecule has 0 aromatic heterocycles. The molecule has 0 atom stereocenters. The standard InChI is InChI=1S/C12H16Br2OS/c13-10-6-5-7-11(14)12(10)15-8-3-1-2-4-9-16/h5-7,16H,1-4,8-9H2. The number of para-hydroxylation sites is 1. The minimum Gasteiger partial charge on any atom is -0.491 e. The molecule has 1 rings (SSSR count). The predicted octanol–water partition coefficient (Wildman–Crippen LogP) is 5.08. The third kappa shape index (κ3) is 5.11. The second-order valence-electron chi connectivity index (χ2n) is 3.54. The van der Waals surface area contributed by atoms with Crippen LogP contribution in [-0.2, 0) is 0 Å². The van der Waals surface area contributed by atoms with Crippen molar-refractivity contribution in [2.75, 3.05) is 12.4 Å². The smallest absolute Gasteiger partial charge is 0.147 e. The van der Waals surface area contributed by atoms with E-state index in [-0.39, 0.29) is 0 Å². The maximum absolute atomic E-state index is 5.73. The lowest BCUT2D eigenvalue weighted by atomic mass is 10.2. The normalized spacial score (nSPS) is 10.4. The molecule has 0 bridgehead atoms. The molecule has 0 radical (unpaired) electrons. The van der Waals surface area contributed by atoms with Gasteiger partial charge in [0.05, 0.1) is 15.6 Å². The van der Waals surface area contributed by atoms with Crippen molar-refractivity contribution in [3.63, 3.8) is 0 Å². The molecule has 1 nitrogen and oxygen atoms in total. The zero-order valence-electron chi connectivity index (χ0n) is 9.09. The molecule has 0 amide bonds. The lowest BCUT2D eigenvalue weighted by molar-refractivity contribution is 0.301. The average molecular weight is 368 g/mol. The Morgan fingerprint density at radius 3 is 2.25 bits per heavy atom. The van der Waals surface area contributed by atoms with E-state index in [1.165, 1.54) is 19.3 Å². The molecule has 16 heavy (non-hydrogen) atoms. The van der Waals surface area contributed by atoms with Gasteiger partial charge in [0, 0.05) is 0 Å². The minimum absolute atomic E-state index is 0.772. The van der Waals surface area contributed by atoms with Gasteiger partial charge in [-0.15, -0.1) is 0 Å². The Balaban J connectivity index is 2.26. The Morgan fingerprint density at radius 1 is 1.00 bits per heavy atom. The monoisotopic (exact) mass is 366 g/mol. The summed E-state index contributed by atoms with van der Waals surface area (Å²) in [4.78, 5) is 0. The highest BCUT2D eigenvalue weighted by Crippen LogP contribution is 2.33. The number of hydrogen-bond acceptors (Lipinski definition) is 2. The molecular weight excluding hydrogens is 352 g/mol. The zero-order valence-corrected chi connectivity index (χ0v) is 13.2. The third-order valence-corrected chi connectivity index (χ3v) is 3.78. The Morgan fingerprint density at radius 2 is 1.62 bits per heavy atom. The van der Waals surface area contributed by atoms with Crippen LogP contribution >= 0.6 is 44.5 Å². The summed E-state index contributed by atoms with van der Waals surface area (Å²) in [5.41, 5.74) is 0. The average Bonchev–Trinajstić information content (AvgIpc) is 2.26. The van der Waals surface area contributed by atoms with E-state index in [1.54, 1.807) is 0 Å². The van der Waals surface area contributed by atoms with E-state index in [0.29, 0.717) is 0 Å². The van der Waals surface area contributed by atoms with E-state index < -0.39 is 0 Å². The minimum atomic E-state index is 0.772. The van der Waals surface area contributed by atoms with Crippen LogP contribution in [0.4, 0.5) is 0 Å². The van der Waals surface area contributed by atoms with Crippen molar-refractivity contribution >= 4 is 44.5 Å². The maximum Gasteiger partial charge on any atom is 0.147 e. The Bertz CT molecular complexity index is 298. The van der Waals surface area contributed by atoms with Gasteiger partial charge in [0.1, 0.15) is 5.75 Å².